The Morgan fingerprint density at radius 3 is 2.45 bits per heavy atom. The van der Waals surface area contributed by atoms with Crippen LogP contribution in [-0.4, -0.2) is 46.0 Å². The average molecular weight is 446 g/mol. The quantitative estimate of drug-likeness (QED) is 0.650. The van der Waals surface area contributed by atoms with Gasteiger partial charge in [0.2, 0.25) is 15.9 Å². The third-order valence-corrected chi connectivity index (χ3v) is 6.63. The first-order chi connectivity index (χ1) is 14.9. The fourth-order valence-corrected chi connectivity index (χ4v) is 4.51. The molecule has 7 nitrogen and oxygen atoms in total. The number of sulfonamides is 1. The number of nitrogens with zero attached hydrogens (tertiary/aromatic N) is 1. The van der Waals surface area contributed by atoms with Crippen molar-refractivity contribution in [1.82, 2.24) is 10.2 Å². The molecule has 1 aliphatic heterocycles. The van der Waals surface area contributed by atoms with Crippen molar-refractivity contribution in [3.63, 3.8) is 0 Å². The van der Waals surface area contributed by atoms with Crippen molar-refractivity contribution in [1.29, 1.82) is 0 Å². The normalized spacial score (nSPS) is 17.7. The van der Waals surface area contributed by atoms with Crippen LogP contribution < -0.4 is 15.2 Å². The van der Waals surface area contributed by atoms with E-state index in [9.17, 15) is 13.2 Å². The molecule has 1 atom stereocenters. The molecular formula is C23H31N3O4S. The lowest BCUT2D eigenvalue weighted by molar-refractivity contribution is -0.122. The number of ether oxygens (including phenoxy) is 1. The van der Waals surface area contributed by atoms with Crippen molar-refractivity contribution < 1.29 is 17.9 Å². The molecule has 1 heterocycles. The van der Waals surface area contributed by atoms with E-state index in [0.29, 0.717) is 19.5 Å². The topological polar surface area (TPSA) is 102 Å². The molecule has 0 aliphatic carbocycles. The number of methoxy groups -OCH3 is 1. The number of nitrogens with one attached hydrogen (secondary N) is 1. The van der Waals surface area contributed by atoms with Crippen LogP contribution in [0.5, 0.6) is 5.75 Å². The van der Waals surface area contributed by atoms with Crippen LogP contribution in [0.3, 0.4) is 0 Å². The van der Waals surface area contributed by atoms with Crippen molar-refractivity contribution in [2.45, 2.75) is 43.0 Å². The summed E-state index contributed by atoms with van der Waals surface area (Å²) in [7, 11) is -2.03. The van der Waals surface area contributed by atoms with Crippen LogP contribution in [0, 0.1) is 0 Å². The lowest BCUT2D eigenvalue weighted by atomic mass is 10.0. The summed E-state index contributed by atoms with van der Waals surface area (Å²) in [6, 6.07) is 14.8. The van der Waals surface area contributed by atoms with Gasteiger partial charge < -0.3 is 10.1 Å². The highest BCUT2D eigenvalue weighted by Gasteiger charge is 2.24. The van der Waals surface area contributed by atoms with Crippen molar-refractivity contribution >= 4 is 15.9 Å². The summed E-state index contributed by atoms with van der Waals surface area (Å²) in [4.78, 5) is 15.0. The molecule has 8 heteroatoms. The Kier molecular flexibility index (Phi) is 8.06. The molecule has 0 radical (unpaired) electrons. The number of likely N-dealkylation sites (tertiary alicyclic amines) is 1. The maximum atomic E-state index is 12.6. The zero-order chi connectivity index (χ0) is 22.3. The van der Waals surface area contributed by atoms with Gasteiger partial charge in [0.05, 0.1) is 18.6 Å². The van der Waals surface area contributed by atoms with Crippen molar-refractivity contribution in [3.05, 3.63) is 59.7 Å². The lowest BCUT2D eigenvalue weighted by Crippen LogP contribution is -2.39. The zero-order valence-corrected chi connectivity index (χ0v) is 18.7. The van der Waals surface area contributed by atoms with Gasteiger partial charge in [0.15, 0.2) is 0 Å². The van der Waals surface area contributed by atoms with Gasteiger partial charge in [-0.15, -0.1) is 0 Å². The first-order valence-electron chi connectivity index (χ1n) is 10.6. The molecule has 1 amide bonds. The summed E-state index contributed by atoms with van der Waals surface area (Å²) in [5.41, 5.74) is 2.16. The average Bonchev–Trinajstić information content (AvgIpc) is 2.99. The number of primary sulfonamides is 1. The largest absolute Gasteiger partial charge is 0.497 e. The number of hydrogen-bond donors (Lipinski definition) is 2. The summed E-state index contributed by atoms with van der Waals surface area (Å²) < 4.78 is 27.9. The fourth-order valence-electron chi connectivity index (χ4n) is 3.99. The van der Waals surface area contributed by atoms with E-state index in [1.54, 1.807) is 19.2 Å². The van der Waals surface area contributed by atoms with E-state index >= 15 is 0 Å². The van der Waals surface area contributed by atoms with E-state index in [2.05, 4.69) is 22.3 Å². The molecule has 2 aromatic carbocycles. The Balaban J connectivity index is 1.54. The third-order valence-electron chi connectivity index (χ3n) is 5.70. The van der Waals surface area contributed by atoms with Crippen LogP contribution in [-0.2, 0) is 21.2 Å². The van der Waals surface area contributed by atoms with E-state index < -0.39 is 10.0 Å². The van der Waals surface area contributed by atoms with E-state index in [-0.39, 0.29) is 16.8 Å². The molecule has 3 N–H and O–H groups in total. The predicted octanol–water partition coefficient (Wildman–Crippen LogP) is 2.62. The molecule has 0 aromatic heterocycles. The number of carbonyl (C=O) groups excluding carboxylic acids is 1. The van der Waals surface area contributed by atoms with Crippen LogP contribution >= 0.6 is 0 Å². The minimum absolute atomic E-state index is 0.00145. The number of carbonyl (C=O) groups is 1. The maximum Gasteiger partial charge on any atom is 0.238 e. The molecule has 0 bridgehead atoms. The molecular weight excluding hydrogens is 414 g/mol. The molecule has 1 saturated heterocycles. The predicted molar refractivity (Wildman–Crippen MR) is 120 cm³/mol. The molecule has 1 fully saturated rings. The Labute approximate surface area is 184 Å². The van der Waals surface area contributed by atoms with Crippen LogP contribution in [0.1, 0.15) is 42.9 Å². The molecule has 3 rings (SSSR count). The third kappa shape index (κ3) is 6.78. The first kappa shape index (κ1) is 23.2. The number of amides is 1. The van der Waals surface area contributed by atoms with Crippen LogP contribution in [0.2, 0.25) is 0 Å². The summed E-state index contributed by atoms with van der Waals surface area (Å²) in [6.07, 6.45) is 5.09. The van der Waals surface area contributed by atoms with Gasteiger partial charge in [-0.2, -0.15) is 0 Å². The highest BCUT2D eigenvalue weighted by atomic mass is 32.2. The molecule has 2 aromatic rings. The standard InChI is InChI=1S/C23H31N3O4S/c1-30-20-10-8-19(9-11-20)22-5-3-2-4-16-26(22)17-23(27)25-15-14-18-6-12-21(13-7-18)31(24,28)29/h6-13,22H,2-5,14-17H2,1H3,(H,25,27)(H2,24,28,29)/t22-/m0/s1. The molecule has 0 spiro atoms. The maximum absolute atomic E-state index is 12.6. The van der Waals surface area contributed by atoms with Gasteiger partial charge in [0.1, 0.15) is 5.75 Å². The van der Waals surface area contributed by atoms with Crippen LogP contribution in [0.25, 0.3) is 0 Å². The van der Waals surface area contributed by atoms with Crippen LogP contribution in [0.4, 0.5) is 0 Å². The Hall–Kier alpha value is -2.42. The first-order valence-corrected chi connectivity index (χ1v) is 12.2. The Bertz CT molecular complexity index is 959. The monoisotopic (exact) mass is 445 g/mol. The van der Waals surface area contributed by atoms with Crippen molar-refractivity contribution in [2.24, 2.45) is 5.14 Å². The number of nitrogens with two attached hydrogens (primary N) is 1. The second kappa shape index (κ2) is 10.7. The van der Waals surface area contributed by atoms with Crippen LogP contribution in [0.15, 0.2) is 53.4 Å². The zero-order valence-electron chi connectivity index (χ0n) is 17.9. The number of rotatable bonds is 8. The second-order valence-corrected chi connectivity index (χ2v) is 9.46. The Morgan fingerprint density at radius 1 is 1.10 bits per heavy atom. The lowest BCUT2D eigenvalue weighted by Gasteiger charge is -2.29. The molecule has 31 heavy (non-hydrogen) atoms. The molecule has 1 aliphatic rings. The summed E-state index contributed by atoms with van der Waals surface area (Å²) in [5.74, 6) is 0.834. The van der Waals surface area contributed by atoms with E-state index in [4.69, 9.17) is 9.88 Å². The van der Waals surface area contributed by atoms with Gasteiger partial charge in [-0.3, -0.25) is 9.69 Å². The highest BCUT2D eigenvalue weighted by molar-refractivity contribution is 7.89. The minimum atomic E-state index is -3.69. The smallest absolute Gasteiger partial charge is 0.238 e. The van der Waals surface area contributed by atoms with Gasteiger partial charge >= 0.3 is 0 Å². The van der Waals surface area contributed by atoms with Crippen molar-refractivity contribution in [3.8, 4) is 5.75 Å². The summed E-state index contributed by atoms with van der Waals surface area (Å²) in [5, 5.41) is 8.11. The second-order valence-electron chi connectivity index (χ2n) is 7.90. The Morgan fingerprint density at radius 2 is 1.81 bits per heavy atom. The van der Waals surface area contributed by atoms with E-state index in [1.165, 1.54) is 24.1 Å². The minimum Gasteiger partial charge on any atom is -0.497 e. The van der Waals surface area contributed by atoms with E-state index in [1.807, 2.05) is 12.1 Å². The molecule has 168 valence electrons. The molecule has 0 saturated carbocycles. The van der Waals surface area contributed by atoms with Crippen molar-refractivity contribution in [2.75, 3.05) is 26.7 Å². The fraction of sp³-hybridized carbons (Fsp3) is 0.435. The van der Waals surface area contributed by atoms with Gasteiger partial charge in [-0.05, 0) is 61.2 Å². The van der Waals surface area contributed by atoms with Gasteiger partial charge in [-0.1, -0.05) is 37.1 Å². The molecule has 0 unspecified atom stereocenters. The summed E-state index contributed by atoms with van der Waals surface area (Å²) >= 11 is 0. The number of benzene rings is 2. The van der Waals surface area contributed by atoms with Gasteiger partial charge in [-0.25, -0.2) is 13.6 Å². The van der Waals surface area contributed by atoms with Gasteiger partial charge in [0, 0.05) is 12.6 Å². The van der Waals surface area contributed by atoms with Gasteiger partial charge in [0.25, 0.3) is 0 Å². The summed E-state index contributed by atoms with van der Waals surface area (Å²) in [6.45, 7) is 1.76. The number of hydrogen-bond acceptors (Lipinski definition) is 5. The SMILES string of the molecule is COc1ccc([C@@H]2CCCCCN2CC(=O)NCCc2ccc(S(N)(=O)=O)cc2)cc1. The highest BCUT2D eigenvalue weighted by Crippen LogP contribution is 2.30. The van der Waals surface area contributed by atoms with E-state index in [0.717, 1.165) is 37.1 Å².